The van der Waals surface area contributed by atoms with E-state index >= 15 is 0 Å². The van der Waals surface area contributed by atoms with Crippen LogP contribution in [0.4, 0.5) is 14.5 Å². The van der Waals surface area contributed by atoms with Gasteiger partial charge >= 0.3 is 5.97 Å². The second kappa shape index (κ2) is 6.51. The van der Waals surface area contributed by atoms with Gasteiger partial charge in [0.1, 0.15) is 0 Å². The van der Waals surface area contributed by atoms with E-state index in [1.54, 1.807) is 0 Å². The van der Waals surface area contributed by atoms with Crippen molar-refractivity contribution < 1.29 is 23.1 Å². The Labute approximate surface area is 121 Å². The lowest BCUT2D eigenvalue weighted by molar-refractivity contribution is -0.125. The molecule has 7 heteroatoms. The van der Waals surface area contributed by atoms with Gasteiger partial charge in [-0.3, -0.25) is 4.79 Å². The number of anilines is 1. The molecule has 0 aliphatic rings. The Kier molecular flexibility index (Phi) is 5.23. The van der Waals surface area contributed by atoms with Crippen molar-refractivity contribution in [2.75, 3.05) is 12.3 Å². The average molecular weight is 300 g/mol. The van der Waals surface area contributed by atoms with E-state index in [1.165, 1.54) is 0 Å². The normalized spacial score (nSPS) is 11.1. The number of ether oxygens (including phenoxy) is 1. The minimum absolute atomic E-state index is 0.256. The molecule has 1 amide bonds. The SMILES string of the molecule is CCC(C)(C)NC(=O)COC(=O)c1cc(F)c(F)cc1N. The van der Waals surface area contributed by atoms with Gasteiger partial charge in [-0.2, -0.15) is 0 Å². The number of carbonyl (C=O) groups excluding carboxylic acids is 2. The van der Waals surface area contributed by atoms with Gasteiger partial charge in [0.2, 0.25) is 0 Å². The lowest BCUT2D eigenvalue weighted by Gasteiger charge is -2.24. The molecule has 1 aromatic carbocycles. The van der Waals surface area contributed by atoms with Crippen LogP contribution >= 0.6 is 0 Å². The quantitative estimate of drug-likeness (QED) is 0.644. The Morgan fingerprint density at radius 3 is 2.43 bits per heavy atom. The number of nitrogens with one attached hydrogen (secondary N) is 1. The Morgan fingerprint density at radius 1 is 1.29 bits per heavy atom. The van der Waals surface area contributed by atoms with Crippen molar-refractivity contribution in [3.8, 4) is 0 Å². The molecule has 0 heterocycles. The van der Waals surface area contributed by atoms with Crippen molar-refractivity contribution in [1.29, 1.82) is 0 Å². The highest BCUT2D eigenvalue weighted by atomic mass is 19.2. The van der Waals surface area contributed by atoms with E-state index in [9.17, 15) is 18.4 Å². The Hall–Kier alpha value is -2.18. The minimum Gasteiger partial charge on any atom is -0.452 e. The number of rotatable bonds is 5. The van der Waals surface area contributed by atoms with Gasteiger partial charge in [0.05, 0.1) is 5.56 Å². The lowest BCUT2D eigenvalue weighted by atomic mass is 10.0. The molecule has 21 heavy (non-hydrogen) atoms. The number of amides is 1. The smallest absolute Gasteiger partial charge is 0.340 e. The molecule has 0 unspecified atom stereocenters. The van der Waals surface area contributed by atoms with E-state index in [2.05, 4.69) is 5.32 Å². The van der Waals surface area contributed by atoms with E-state index in [4.69, 9.17) is 10.5 Å². The fourth-order valence-electron chi connectivity index (χ4n) is 1.45. The molecule has 0 aliphatic carbocycles. The van der Waals surface area contributed by atoms with E-state index in [-0.39, 0.29) is 11.3 Å². The Balaban J connectivity index is 2.67. The summed E-state index contributed by atoms with van der Waals surface area (Å²) in [5.74, 6) is -3.86. The van der Waals surface area contributed by atoms with Crippen LogP contribution in [-0.4, -0.2) is 24.0 Å². The maximum absolute atomic E-state index is 13.1. The number of nitrogen functional groups attached to an aromatic ring is 1. The molecule has 0 spiro atoms. The zero-order chi connectivity index (χ0) is 16.2. The molecule has 0 aromatic heterocycles. The van der Waals surface area contributed by atoms with Crippen LogP contribution in [0.15, 0.2) is 12.1 Å². The molecule has 1 aromatic rings. The standard InChI is InChI=1S/C14H18F2N2O3/c1-4-14(2,3)18-12(19)7-21-13(20)8-5-9(15)10(16)6-11(8)17/h5-6H,4,7,17H2,1-3H3,(H,18,19). The van der Waals surface area contributed by atoms with E-state index in [0.29, 0.717) is 18.6 Å². The number of esters is 1. The van der Waals surface area contributed by atoms with Crippen LogP contribution in [0.1, 0.15) is 37.6 Å². The van der Waals surface area contributed by atoms with Gasteiger partial charge in [-0.15, -0.1) is 0 Å². The second-order valence-electron chi connectivity index (χ2n) is 5.22. The van der Waals surface area contributed by atoms with Crippen molar-refractivity contribution >= 4 is 17.6 Å². The summed E-state index contributed by atoms with van der Waals surface area (Å²) in [4.78, 5) is 23.3. The maximum atomic E-state index is 13.1. The molecule has 0 saturated heterocycles. The van der Waals surface area contributed by atoms with Gasteiger partial charge in [-0.05, 0) is 26.3 Å². The Morgan fingerprint density at radius 2 is 1.86 bits per heavy atom. The molecule has 3 N–H and O–H groups in total. The third kappa shape index (κ3) is 4.70. The summed E-state index contributed by atoms with van der Waals surface area (Å²) in [5, 5.41) is 2.67. The van der Waals surface area contributed by atoms with Gasteiger partial charge in [0.25, 0.3) is 5.91 Å². The number of nitrogens with two attached hydrogens (primary N) is 1. The molecule has 116 valence electrons. The first-order valence-corrected chi connectivity index (χ1v) is 6.39. The third-order valence-corrected chi connectivity index (χ3v) is 3.01. The number of carbonyl (C=O) groups is 2. The molecule has 1 rings (SSSR count). The summed E-state index contributed by atoms with van der Waals surface area (Å²) in [7, 11) is 0. The third-order valence-electron chi connectivity index (χ3n) is 3.01. The van der Waals surface area contributed by atoms with Crippen LogP contribution in [0.25, 0.3) is 0 Å². The second-order valence-corrected chi connectivity index (χ2v) is 5.22. The van der Waals surface area contributed by atoms with Gasteiger partial charge in [0, 0.05) is 17.3 Å². The molecule has 0 aliphatic heterocycles. The first-order chi connectivity index (χ1) is 9.66. The lowest BCUT2D eigenvalue weighted by Crippen LogP contribution is -2.44. The number of benzene rings is 1. The Bertz CT molecular complexity index is 559. The van der Waals surface area contributed by atoms with Crippen molar-refractivity contribution in [3.05, 3.63) is 29.3 Å². The van der Waals surface area contributed by atoms with Crippen LogP contribution in [0.3, 0.4) is 0 Å². The molecule has 0 bridgehead atoms. The number of halogens is 2. The highest BCUT2D eigenvalue weighted by Gasteiger charge is 2.20. The molecule has 0 fully saturated rings. The summed E-state index contributed by atoms with van der Waals surface area (Å²) >= 11 is 0. The maximum Gasteiger partial charge on any atom is 0.340 e. The predicted molar refractivity (Wildman–Crippen MR) is 73.6 cm³/mol. The van der Waals surface area contributed by atoms with E-state index in [1.807, 2.05) is 20.8 Å². The monoisotopic (exact) mass is 300 g/mol. The fraction of sp³-hybridized carbons (Fsp3) is 0.429. The van der Waals surface area contributed by atoms with Crippen molar-refractivity contribution in [2.24, 2.45) is 0 Å². The number of hydrogen-bond donors (Lipinski definition) is 2. The van der Waals surface area contributed by atoms with Crippen molar-refractivity contribution in [3.63, 3.8) is 0 Å². The molecule has 0 atom stereocenters. The zero-order valence-electron chi connectivity index (χ0n) is 12.1. The first kappa shape index (κ1) is 16.9. The summed E-state index contributed by atoms with van der Waals surface area (Å²) in [6, 6.07) is 1.33. The van der Waals surface area contributed by atoms with Crippen LogP contribution < -0.4 is 11.1 Å². The van der Waals surface area contributed by atoms with E-state index in [0.717, 1.165) is 0 Å². The molecular formula is C14H18F2N2O3. The zero-order valence-corrected chi connectivity index (χ0v) is 12.1. The van der Waals surface area contributed by atoms with Gasteiger partial charge in [-0.1, -0.05) is 6.92 Å². The largest absolute Gasteiger partial charge is 0.452 e. The van der Waals surface area contributed by atoms with Crippen molar-refractivity contribution in [1.82, 2.24) is 5.32 Å². The highest BCUT2D eigenvalue weighted by molar-refractivity contribution is 5.96. The van der Waals surface area contributed by atoms with Gasteiger partial charge in [-0.25, -0.2) is 13.6 Å². The van der Waals surface area contributed by atoms with Crippen LogP contribution in [-0.2, 0) is 9.53 Å². The van der Waals surface area contributed by atoms with Gasteiger partial charge < -0.3 is 15.8 Å². The first-order valence-electron chi connectivity index (χ1n) is 6.39. The summed E-state index contributed by atoms with van der Waals surface area (Å²) in [5.41, 5.74) is 4.41. The minimum atomic E-state index is -1.22. The summed E-state index contributed by atoms with van der Waals surface area (Å²) < 4.78 is 30.7. The molecule has 0 saturated carbocycles. The van der Waals surface area contributed by atoms with Crippen molar-refractivity contribution in [2.45, 2.75) is 32.7 Å². The van der Waals surface area contributed by atoms with Crippen LogP contribution in [0, 0.1) is 11.6 Å². The topological polar surface area (TPSA) is 81.4 Å². The fourth-order valence-corrected chi connectivity index (χ4v) is 1.45. The van der Waals surface area contributed by atoms with Crippen LogP contribution in [0.2, 0.25) is 0 Å². The summed E-state index contributed by atoms with van der Waals surface area (Å²) in [6.45, 7) is 5.01. The molecular weight excluding hydrogens is 282 g/mol. The molecule has 5 nitrogen and oxygen atoms in total. The average Bonchev–Trinajstić information content (AvgIpc) is 2.39. The summed E-state index contributed by atoms with van der Waals surface area (Å²) in [6.07, 6.45) is 0.697. The number of hydrogen-bond acceptors (Lipinski definition) is 4. The van der Waals surface area contributed by atoms with Crippen LogP contribution in [0.5, 0.6) is 0 Å². The highest BCUT2D eigenvalue weighted by Crippen LogP contribution is 2.18. The predicted octanol–water partition coefficient (Wildman–Crippen LogP) is 2.01. The molecule has 0 radical (unpaired) electrons. The van der Waals surface area contributed by atoms with Gasteiger partial charge in [0.15, 0.2) is 18.2 Å². The van der Waals surface area contributed by atoms with E-state index < -0.39 is 35.7 Å².